The lowest BCUT2D eigenvalue weighted by atomic mass is 10.1. The SMILES string of the molecule is CCc1ccc(C(O)Cn2nc3ccccn3c2=O)cc1. The van der Waals surface area contributed by atoms with E-state index in [9.17, 15) is 9.90 Å². The molecule has 5 nitrogen and oxygen atoms in total. The second-order valence-electron chi connectivity index (χ2n) is 5.00. The van der Waals surface area contributed by atoms with Crippen LogP contribution in [0.2, 0.25) is 0 Å². The molecule has 21 heavy (non-hydrogen) atoms. The van der Waals surface area contributed by atoms with Crippen molar-refractivity contribution in [2.24, 2.45) is 0 Å². The lowest BCUT2D eigenvalue weighted by Gasteiger charge is -2.10. The second kappa shape index (κ2) is 5.54. The van der Waals surface area contributed by atoms with Gasteiger partial charge in [0.1, 0.15) is 0 Å². The maximum absolute atomic E-state index is 12.1. The van der Waals surface area contributed by atoms with Gasteiger partial charge in [-0.2, -0.15) is 0 Å². The van der Waals surface area contributed by atoms with Gasteiger partial charge < -0.3 is 5.11 Å². The Hall–Kier alpha value is -2.40. The van der Waals surface area contributed by atoms with E-state index in [1.807, 2.05) is 30.3 Å². The fourth-order valence-corrected chi connectivity index (χ4v) is 2.33. The molecule has 0 fully saturated rings. The molecule has 2 heterocycles. The van der Waals surface area contributed by atoms with Gasteiger partial charge in [0.25, 0.3) is 0 Å². The van der Waals surface area contributed by atoms with Gasteiger partial charge in [0.2, 0.25) is 0 Å². The number of nitrogens with zero attached hydrogens (tertiary/aromatic N) is 3. The average Bonchev–Trinajstić information content (AvgIpc) is 2.84. The molecule has 5 heteroatoms. The van der Waals surface area contributed by atoms with Crippen LogP contribution in [0.4, 0.5) is 0 Å². The summed E-state index contributed by atoms with van der Waals surface area (Å²) in [5.41, 5.74) is 2.35. The number of pyridine rings is 1. The van der Waals surface area contributed by atoms with Gasteiger partial charge in [-0.05, 0) is 29.7 Å². The first-order valence-electron chi connectivity index (χ1n) is 7.00. The molecule has 1 aromatic carbocycles. The van der Waals surface area contributed by atoms with E-state index in [0.717, 1.165) is 12.0 Å². The highest BCUT2D eigenvalue weighted by atomic mass is 16.3. The van der Waals surface area contributed by atoms with E-state index >= 15 is 0 Å². The highest BCUT2D eigenvalue weighted by molar-refractivity contribution is 5.35. The molecule has 3 aromatic rings. The van der Waals surface area contributed by atoms with Crippen LogP contribution < -0.4 is 5.69 Å². The van der Waals surface area contributed by atoms with Crippen LogP contribution >= 0.6 is 0 Å². The van der Waals surface area contributed by atoms with Crippen LogP contribution in [0.15, 0.2) is 53.5 Å². The minimum Gasteiger partial charge on any atom is -0.386 e. The summed E-state index contributed by atoms with van der Waals surface area (Å²) in [5.74, 6) is 0. The fraction of sp³-hybridized carbons (Fsp3) is 0.250. The second-order valence-corrected chi connectivity index (χ2v) is 5.00. The highest BCUT2D eigenvalue weighted by Gasteiger charge is 2.13. The summed E-state index contributed by atoms with van der Waals surface area (Å²) in [5, 5.41) is 14.5. The zero-order valence-electron chi connectivity index (χ0n) is 11.8. The smallest absolute Gasteiger partial charge is 0.350 e. The Morgan fingerprint density at radius 2 is 1.95 bits per heavy atom. The zero-order valence-corrected chi connectivity index (χ0v) is 11.8. The maximum Gasteiger partial charge on any atom is 0.350 e. The van der Waals surface area contributed by atoms with Crippen LogP contribution in [0.5, 0.6) is 0 Å². The normalized spacial score (nSPS) is 12.7. The Morgan fingerprint density at radius 1 is 1.19 bits per heavy atom. The number of hydrogen-bond donors (Lipinski definition) is 1. The summed E-state index contributed by atoms with van der Waals surface area (Å²) in [6.45, 7) is 2.23. The largest absolute Gasteiger partial charge is 0.386 e. The molecule has 0 aliphatic rings. The highest BCUT2D eigenvalue weighted by Crippen LogP contribution is 2.15. The molecule has 1 unspecified atom stereocenters. The third-order valence-corrected chi connectivity index (χ3v) is 3.61. The molecule has 0 radical (unpaired) electrons. The standard InChI is InChI=1S/C16H17N3O2/c1-2-12-6-8-13(9-7-12)14(20)11-19-16(21)18-10-4-3-5-15(18)17-19/h3-10,14,20H,2,11H2,1H3. The van der Waals surface area contributed by atoms with Gasteiger partial charge in [0.05, 0.1) is 12.6 Å². The van der Waals surface area contributed by atoms with Gasteiger partial charge in [-0.3, -0.25) is 4.40 Å². The van der Waals surface area contributed by atoms with Gasteiger partial charge >= 0.3 is 5.69 Å². The predicted octanol–water partition coefficient (Wildman–Crippen LogP) is 1.79. The molecule has 0 saturated carbocycles. The molecule has 0 spiro atoms. The zero-order chi connectivity index (χ0) is 14.8. The number of aryl methyl sites for hydroxylation is 1. The summed E-state index contributed by atoms with van der Waals surface area (Å²) >= 11 is 0. The van der Waals surface area contributed by atoms with Gasteiger partial charge in [-0.1, -0.05) is 37.3 Å². The van der Waals surface area contributed by atoms with Crippen molar-refractivity contribution in [3.05, 3.63) is 70.3 Å². The first-order chi connectivity index (χ1) is 10.2. The van der Waals surface area contributed by atoms with Gasteiger partial charge in [-0.15, -0.1) is 5.10 Å². The van der Waals surface area contributed by atoms with Crippen molar-refractivity contribution in [2.75, 3.05) is 0 Å². The van der Waals surface area contributed by atoms with Crippen LogP contribution in [0.1, 0.15) is 24.2 Å². The first kappa shape index (κ1) is 13.6. The van der Waals surface area contributed by atoms with Crippen molar-refractivity contribution in [1.29, 1.82) is 0 Å². The number of aromatic nitrogens is 3. The van der Waals surface area contributed by atoms with Crippen LogP contribution in [0, 0.1) is 0 Å². The number of aliphatic hydroxyl groups is 1. The lowest BCUT2D eigenvalue weighted by Crippen LogP contribution is -2.24. The van der Waals surface area contributed by atoms with Crippen LogP contribution in [0.3, 0.4) is 0 Å². The Morgan fingerprint density at radius 3 is 2.62 bits per heavy atom. The van der Waals surface area contributed by atoms with Crippen molar-refractivity contribution in [2.45, 2.75) is 26.0 Å². The predicted molar refractivity (Wildman–Crippen MR) is 80.2 cm³/mol. The van der Waals surface area contributed by atoms with Crippen LogP contribution in [-0.4, -0.2) is 19.3 Å². The Labute approximate surface area is 122 Å². The molecular weight excluding hydrogens is 266 g/mol. The third kappa shape index (κ3) is 2.60. The van der Waals surface area contributed by atoms with Crippen molar-refractivity contribution in [3.8, 4) is 0 Å². The lowest BCUT2D eigenvalue weighted by molar-refractivity contribution is 0.150. The Bertz CT molecular complexity index is 802. The Balaban J connectivity index is 1.87. The number of rotatable bonds is 4. The maximum atomic E-state index is 12.1. The fourth-order valence-electron chi connectivity index (χ4n) is 2.33. The molecule has 108 valence electrons. The molecular formula is C16H17N3O2. The topological polar surface area (TPSA) is 59.5 Å². The molecule has 0 bridgehead atoms. The summed E-state index contributed by atoms with van der Waals surface area (Å²) in [7, 11) is 0. The molecule has 0 amide bonds. The van der Waals surface area contributed by atoms with Crippen molar-refractivity contribution in [3.63, 3.8) is 0 Å². The number of fused-ring (bicyclic) bond motifs is 1. The van der Waals surface area contributed by atoms with E-state index in [0.29, 0.717) is 5.65 Å². The van der Waals surface area contributed by atoms with E-state index in [4.69, 9.17) is 0 Å². The molecule has 0 saturated heterocycles. The van der Waals surface area contributed by atoms with Gasteiger partial charge in [0.15, 0.2) is 5.65 Å². The van der Waals surface area contributed by atoms with Gasteiger partial charge in [0, 0.05) is 6.20 Å². The Kier molecular flexibility index (Phi) is 3.58. The van der Waals surface area contributed by atoms with Gasteiger partial charge in [-0.25, -0.2) is 9.48 Å². The molecule has 2 aromatic heterocycles. The molecule has 0 aliphatic carbocycles. The first-order valence-corrected chi connectivity index (χ1v) is 7.00. The minimum atomic E-state index is -0.751. The van der Waals surface area contributed by atoms with E-state index < -0.39 is 6.10 Å². The molecule has 1 N–H and O–H groups in total. The summed E-state index contributed by atoms with van der Waals surface area (Å²) in [4.78, 5) is 12.1. The van der Waals surface area contributed by atoms with Crippen molar-refractivity contribution < 1.29 is 5.11 Å². The third-order valence-electron chi connectivity index (χ3n) is 3.61. The molecule has 3 rings (SSSR count). The number of aliphatic hydroxyl groups excluding tert-OH is 1. The van der Waals surface area contributed by atoms with Crippen LogP contribution in [-0.2, 0) is 13.0 Å². The van der Waals surface area contributed by atoms with Crippen LogP contribution in [0.25, 0.3) is 5.65 Å². The van der Waals surface area contributed by atoms with E-state index in [1.54, 1.807) is 18.3 Å². The summed E-state index contributed by atoms with van der Waals surface area (Å²) < 4.78 is 2.76. The summed E-state index contributed by atoms with van der Waals surface area (Å²) in [6, 6.07) is 13.1. The average molecular weight is 283 g/mol. The van der Waals surface area contributed by atoms with E-state index in [2.05, 4.69) is 12.0 Å². The van der Waals surface area contributed by atoms with E-state index in [-0.39, 0.29) is 12.2 Å². The number of benzene rings is 1. The number of hydrogen-bond acceptors (Lipinski definition) is 3. The molecule has 0 aliphatic heterocycles. The minimum absolute atomic E-state index is 0.145. The van der Waals surface area contributed by atoms with Crippen molar-refractivity contribution >= 4 is 5.65 Å². The van der Waals surface area contributed by atoms with Crippen molar-refractivity contribution in [1.82, 2.24) is 14.2 Å². The summed E-state index contributed by atoms with van der Waals surface area (Å²) in [6.07, 6.45) is 1.88. The van der Waals surface area contributed by atoms with E-state index in [1.165, 1.54) is 14.6 Å². The quantitative estimate of drug-likeness (QED) is 0.794. The molecule has 1 atom stereocenters. The monoisotopic (exact) mass is 283 g/mol.